The van der Waals surface area contributed by atoms with E-state index in [9.17, 15) is 10.2 Å². The molecule has 0 heterocycles. The second-order valence-corrected chi connectivity index (χ2v) is 12.7. The maximum Gasteiger partial charge on any atom is 0.125 e. The van der Waals surface area contributed by atoms with Crippen LogP contribution in [0.25, 0.3) is 0 Å². The van der Waals surface area contributed by atoms with Crippen LogP contribution >= 0.6 is 0 Å². The van der Waals surface area contributed by atoms with Crippen LogP contribution in [-0.2, 0) is 0 Å². The molecule has 0 saturated heterocycles. The third-order valence-corrected chi connectivity index (χ3v) is 11.1. The number of hydrogen-bond acceptors (Lipinski definition) is 2. The maximum absolute atomic E-state index is 11.4. The Bertz CT molecular complexity index is 773. The van der Waals surface area contributed by atoms with Gasteiger partial charge >= 0.3 is 0 Å². The van der Waals surface area contributed by atoms with E-state index in [1.165, 1.54) is 80.9 Å². The van der Waals surface area contributed by atoms with Gasteiger partial charge in [0.05, 0.1) is 0 Å². The van der Waals surface area contributed by atoms with Crippen molar-refractivity contribution >= 4 is 0 Å². The predicted octanol–water partition coefficient (Wildman–Crippen LogP) is 6.79. The van der Waals surface area contributed by atoms with Crippen molar-refractivity contribution in [2.75, 3.05) is 0 Å². The lowest BCUT2D eigenvalue weighted by molar-refractivity contribution is -0.00638. The SMILES string of the molecule is Cc1c(O)c(C2C3CC4CC(C3)CC2C4)c(C)c(C2C3CC4CC(C3)CC2C4)c1O. The highest BCUT2D eigenvalue weighted by atomic mass is 16.3. The number of phenols is 2. The van der Waals surface area contributed by atoms with Crippen molar-refractivity contribution in [1.82, 2.24) is 0 Å². The summed E-state index contributed by atoms with van der Waals surface area (Å²) in [7, 11) is 0. The topological polar surface area (TPSA) is 40.5 Å². The highest BCUT2D eigenvalue weighted by molar-refractivity contribution is 5.60. The summed E-state index contributed by atoms with van der Waals surface area (Å²) in [6.07, 6.45) is 14.0. The predicted molar refractivity (Wildman–Crippen MR) is 119 cm³/mol. The van der Waals surface area contributed by atoms with Gasteiger partial charge in [-0.05, 0) is 143 Å². The first kappa shape index (κ1) is 18.4. The van der Waals surface area contributed by atoms with E-state index in [0.29, 0.717) is 23.3 Å². The van der Waals surface area contributed by atoms with Crippen molar-refractivity contribution in [1.29, 1.82) is 0 Å². The Morgan fingerprint density at radius 3 is 1.07 bits per heavy atom. The zero-order chi connectivity index (χ0) is 20.3. The molecular weight excluding hydrogens is 368 g/mol. The summed E-state index contributed by atoms with van der Waals surface area (Å²) in [6.45, 7) is 4.24. The van der Waals surface area contributed by atoms with Gasteiger partial charge in [-0.15, -0.1) is 0 Å². The van der Waals surface area contributed by atoms with Crippen LogP contribution in [0.5, 0.6) is 11.5 Å². The summed E-state index contributed by atoms with van der Waals surface area (Å²) in [6, 6.07) is 0. The molecule has 8 bridgehead atoms. The van der Waals surface area contributed by atoms with Crippen LogP contribution in [0, 0.1) is 61.2 Å². The van der Waals surface area contributed by atoms with Crippen LogP contribution in [0.15, 0.2) is 0 Å². The zero-order valence-corrected chi connectivity index (χ0v) is 18.7. The van der Waals surface area contributed by atoms with E-state index in [1.807, 2.05) is 6.92 Å². The Balaban J connectivity index is 1.36. The van der Waals surface area contributed by atoms with Gasteiger partial charge in [-0.2, -0.15) is 0 Å². The fourth-order valence-electron chi connectivity index (χ4n) is 10.6. The molecule has 8 aliphatic carbocycles. The molecule has 2 heteroatoms. The Morgan fingerprint density at radius 2 is 0.767 bits per heavy atom. The fourth-order valence-corrected chi connectivity index (χ4v) is 10.6. The monoisotopic (exact) mass is 406 g/mol. The van der Waals surface area contributed by atoms with Gasteiger partial charge in [0.25, 0.3) is 0 Å². The lowest BCUT2D eigenvalue weighted by Gasteiger charge is -2.56. The average molecular weight is 407 g/mol. The summed E-state index contributed by atoms with van der Waals surface area (Å²) in [5, 5.41) is 22.7. The van der Waals surface area contributed by atoms with E-state index < -0.39 is 0 Å². The molecule has 30 heavy (non-hydrogen) atoms. The van der Waals surface area contributed by atoms with Gasteiger partial charge in [0, 0.05) is 16.7 Å². The van der Waals surface area contributed by atoms with Crippen LogP contribution in [-0.4, -0.2) is 10.2 Å². The first-order valence-electron chi connectivity index (χ1n) is 13.0. The summed E-state index contributed by atoms with van der Waals surface area (Å²) in [5.41, 5.74) is 4.59. The van der Waals surface area contributed by atoms with Crippen LogP contribution in [0.2, 0.25) is 0 Å². The van der Waals surface area contributed by atoms with E-state index in [4.69, 9.17) is 0 Å². The molecule has 9 rings (SSSR count). The molecule has 1 aromatic rings. The number of rotatable bonds is 2. The molecule has 0 spiro atoms. The Morgan fingerprint density at radius 1 is 0.467 bits per heavy atom. The molecule has 0 amide bonds. The van der Waals surface area contributed by atoms with Crippen molar-refractivity contribution in [3.05, 3.63) is 22.3 Å². The Kier molecular flexibility index (Phi) is 3.80. The second-order valence-electron chi connectivity index (χ2n) is 12.7. The lowest BCUT2D eigenvalue weighted by Crippen LogP contribution is -2.45. The van der Waals surface area contributed by atoms with E-state index >= 15 is 0 Å². The van der Waals surface area contributed by atoms with E-state index in [2.05, 4.69) is 6.92 Å². The molecule has 0 aliphatic heterocycles. The fraction of sp³-hybridized carbons (Fsp3) is 0.786. The normalized spacial score (nSPS) is 47.9. The molecule has 162 valence electrons. The van der Waals surface area contributed by atoms with Crippen LogP contribution < -0.4 is 0 Å². The molecule has 0 atom stereocenters. The lowest BCUT2D eigenvalue weighted by atomic mass is 9.49. The molecule has 8 fully saturated rings. The van der Waals surface area contributed by atoms with E-state index in [-0.39, 0.29) is 0 Å². The van der Waals surface area contributed by atoms with Crippen molar-refractivity contribution in [3.63, 3.8) is 0 Å². The van der Waals surface area contributed by atoms with Crippen LogP contribution in [0.3, 0.4) is 0 Å². The zero-order valence-electron chi connectivity index (χ0n) is 18.7. The minimum Gasteiger partial charge on any atom is -0.507 e. The molecule has 1 aromatic carbocycles. The number of phenolic OH excluding ortho intramolecular Hbond substituents is 2. The first-order valence-corrected chi connectivity index (χ1v) is 13.0. The minimum atomic E-state index is 0.440. The van der Waals surface area contributed by atoms with Gasteiger partial charge in [0.2, 0.25) is 0 Å². The van der Waals surface area contributed by atoms with Gasteiger partial charge < -0.3 is 10.2 Å². The molecule has 8 aliphatic rings. The van der Waals surface area contributed by atoms with E-state index in [0.717, 1.165) is 52.9 Å². The number of benzene rings is 1. The van der Waals surface area contributed by atoms with Crippen molar-refractivity contribution in [2.24, 2.45) is 47.3 Å². The Hall–Kier alpha value is -1.18. The standard InChI is InChI=1S/C28H38O2/c1-13-23(25-19-5-15-3-16(7-19)8-20(25)6-15)27(29)14(2)28(30)24(13)26-21-9-17-4-18(11-21)12-22(26)10-17/h15-22,25-26,29-30H,3-12H2,1-2H3. The van der Waals surface area contributed by atoms with Crippen LogP contribution in [0.4, 0.5) is 0 Å². The summed E-state index contributed by atoms with van der Waals surface area (Å²) < 4.78 is 0. The average Bonchev–Trinajstić information content (AvgIpc) is 2.69. The largest absolute Gasteiger partial charge is 0.507 e. The van der Waals surface area contributed by atoms with Gasteiger partial charge in [-0.3, -0.25) is 0 Å². The second kappa shape index (κ2) is 6.20. The summed E-state index contributed by atoms with van der Waals surface area (Å²) >= 11 is 0. The highest BCUT2D eigenvalue weighted by Crippen LogP contribution is 2.65. The molecule has 0 radical (unpaired) electrons. The molecule has 0 aromatic heterocycles. The summed E-state index contributed by atoms with van der Waals surface area (Å²) in [4.78, 5) is 0. The summed E-state index contributed by atoms with van der Waals surface area (Å²) in [5.74, 6) is 8.82. The first-order chi connectivity index (χ1) is 14.5. The third kappa shape index (κ3) is 2.37. The maximum atomic E-state index is 11.4. The van der Waals surface area contributed by atoms with Gasteiger partial charge in [0.1, 0.15) is 11.5 Å². The highest BCUT2D eigenvalue weighted by Gasteiger charge is 2.52. The number of aromatic hydroxyl groups is 2. The van der Waals surface area contributed by atoms with E-state index in [1.54, 1.807) is 0 Å². The molecule has 2 N–H and O–H groups in total. The minimum absolute atomic E-state index is 0.440. The van der Waals surface area contributed by atoms with Crippen LogP contribution in [0.1, 0.15) is 98.3 Å². The van der Waals surface area contributed by atoms with Crippen molar-refractivity contribution in [3.8, 4) is 11.5 Å². The molecule has 2 nitrogen and oxygen atoms in total. The van der Waals surface area contributed by atoms with Crippen molar-refractivity contribution in [2.45, 2.75) is 89.9 Å². The molecule has 8 saturated carbocycles. The van der Waals surface area contributed by atoms with Gasteiger partial charge in [-0.1, -0.05) is 0 Å². The number of hydrogen-bond donors (Lipinski definition) is 2. The van der Waals surface area contributed by atoms with Gasteiger partial charge in [-0.25, -0.2) is 0 Å². The van der Waals surface area contributed by atoms with Gasteiger partial charge in [0.15, 0.2) is 0 Å². The molecule has 0 unspecified atom stereocenters. The molecular formula is C28H38O2. The smallest absolute Gasteiger partial charge is 0.125 e. The quantitative estimate of drug-likeness (QED) is 0.567. The van der Waals surface area contributed by atoms with Crippen molar-refractivity contribution < 1.29 is 10.2 Å². The Labute approximate surface area is 181 Å². The third-order valence-electron chi connectivity index (χ3n) is 11.1.